The Hall–Kier alpha value is -3.73. The lowest BCUT2D eigenvalue weighted by Gasteiger charge is -2.27. The topological polar surface area (TPSA) is 105 Å². The molecular formula is C24H19F8N5O3S. The highest BCUT2D eigenvalue weighted by molar-refractivity contribution is 7.89. The number of carbonyl (C=O) groups excluding carboxylic acids is 1. The summed E-state index contributed by atoms with van der Waals surface area (Å²) in [6.07, 6.45) is -10.3. The molecule has 1 saturated heterocycles. The van der Waals surface area contributed by atoms with Crippen LogP contribution in [0.3, 0.4) is 0 Å². The first-order valence-corrected chi connectivity index (χ1v) is 13.1. The fraction of sp³-hybridized carbons (Fsp3) is 0.333. The van der Waals surface area contributed by atoms with Crippen LogP contribution in [0, 0.1) is 5.82 Å². The number of amides is 1. The summed E-state index contributed by atoms with van der Waals surface area (Å²) in [6, 6.07) is 1.78. The van der Waals surface area contributed by atoms with Crippen LogP contribution in [0.1, 0.15) is 30.4 Å². The van der Waals surface area contributed by atoms with Crippen LogP contribution < -0.4 is 5.32 Å². The molecule has 1 aromatic carbocycles. The summed E-state index contributed by atoms with van der Waals surface area (Å²) in [7, 11) is -4.46. The lowest BCUT2D eigenvalue weighted by atomic mass is 10.0. The van der Waals surface area contributed by atoms with Gasteiger partial charge in [0, 0.05) is 42.7 Å². The second-order valence-corrected chi connectivity index (χ2v) is 10.9. The molecule has 8 nitrogen and oxygen atoms in total. The van der Waals surface area contributed by atoms with E-state index < -0.39 is 88.0 Å². The van der Waals surface area contributed by atoms with Crippen LogP contribution in [0.15, 0.2) is 53.8 Å². The second-order valence-electron chi connectivity index (χ2n) is 9.05. The Bertz CT molecular complexity index is 1530. The first-order valence-electron chi connectivity index (χ1n) is 11.7. The summed E-state index contributed by atoms with van der Waals surface area (Å²) in [5, 5.41) is 2.34. The van der Waals surface area contributed by atoms with Crippen molar-refractivity contribution in [1.82, 2.24) is 24.6 Å². The SMILES string of the molecule is C[C@H]1[C@H](F)C[C@@H](C(=O)NCc2cnc(C(F)(F)F)c(-c3cnc(C(F)(F)F)nc3)c2)N1S(=O)(=O)c1ccc(F)cc1. The monoisotopic (exact) mass is 609 g/mol. The molecule has 1 aliphatic rings. The van der Waals surface area contributed by atoms with Crippen LogP contribution in [0.4, 0.5) is 35.1 Å². The quantitative estimate of drug-likeness (QED) is 0.413. The number of benzene rings is 1. The Morgan fingerprint density at radius 3 is 2.17 bits per heavy atom. The standard InChI is InChI=1S/C24H19F8N5O3S/c1-12-18(26)7-19(37(12)41(39,40)16-4-2-15(25)3-5-16)21(38)34-9-13-6-17(20(33-8-13)23(27,28)29)14-10-35-22(36-11-14)24(30,31)32/h2-6,8,10-12,18-19H,7,9H2,1H3,(H,34,38)/t12-,18+,19-/m0/s1. The van der Waals surface area contributed by atoms with Crippen molar-refractivity contribution < 1.29 is 48.3 Å². The van der Waals surface area contributed by atoms with E-state index >= 15 is 0 Å². The van der Waals surface area contributed by atoms with Gasteiger partial charge in [-0.15, -0.1) is 0 Å². The number of halogens is 8. The van der Waals surface area contributed by atoms with Gasteiger partial charge in [-0.1, -0.05) is 0 Å². The predicted molar refractivity (Wildman–Crippen MR) is 125 cm³/mol. The van der Waals surface area contributed by atoms with Crippen molar-refractivity contribution in [3.05, 3.63) is 71.8 Å². The van der Waals surface area contributed by atoms with Crippen molar-refractivity contribution in [3.63, 3.8) is 0 Å². The molecule has 0 saturated carbocycles. The number of rotatable bonds is 6. The minimum absolute atomic E-state index is 0.0444. The van der Waals surface area contributed by atoms with Crippen molar-refractivity contribution in [2.75, 3.05) is 0 Å². The first-order chi connectivity index (χ1) is 19.0. The van der Waals surface area contributed by atoms with Gasteiger partial charge in [0.25, 0.3) is 0 Å². The molecule has 0 aliphatic carbocycles. The Kier molecular flexibility index (Phi) is 8.05. The maximum absolute atomic E-state index is 14.6. The van der Waals surface area contributed by atoms with Crippen molar-refractivity contribution in [3.8, 4) is 11.1 Å². The van der Waals surface area contributed by atoms with E-state index in [4.69, 9.17) is 0 Å². The Labute approximate surface area is 227 Å². The summed E-state index contributed by atoms with van der Waals surface area (Å²) < 4.78 is 134. The van der Waals surface area contributed by atoms with Crippen molar-refractivity contribution in [2.45, 2.75) is 55.4 Å². The molecule has 3 heterocycles. The summed E-state index contributed by atoms with van der Waals surface area (Å²) in [4.78, 5) is 22.1. The summed E-state index contributed by atoms with van der Waals surface area (Å²) in [6.45, 7) is 0.752. The fourth-order valence-corrected chi connectivity index (χ4v) is 6.08. The molecule has 41 heavy (non-hydrogen) atoms. The van der Waals surface area contributed by atoms with Gasteiger partial charge in [-0.2, -0.15) is 30.6 Å². The molecule has 1 fully saturated rings. The van der Waals surface area contributed by atoms with Gasteiger partial charge in [-0.05, 0) is 42.8 Å². The van der Waals surface area contributed by atoms with Gasteiger partial charge >= 0.3 is 12.4 Å². The second kappa shape index (κ2) is 10.9. The Morgan fingerprint density at radius 1 is 1.00 bits per heavy atom. The maximum atomic E-state index is 14.6. The number of hydrogen-bond acceptors (Lipinski definition) is 6. The molecule has 17 heteroatoms. The molecule has 0 unspecified atom stereocenters. The highest BCUT2D eigenvalue weighted by Crippen LogP contribution is 2.37. The van der Waals surface area contributed by atoms with Gasteiger partial charge in [0.2, 0.25) is 21.8 Å². The van der Waals surface area contributed by atoms with Gasteiger partial charge in [-0.25, -0.2) is 27.2 Å². The minimum atomic E-state index is -5.01. The molecule has 0 spiro atoms. The van der Waals surface area contributed by atoms with Crippen molar-refractivity contribution in [2.24, 2.45) is 0 Å². The van der Waals surface area contributed by atoms with E-state index in [1.54, 1.807) is 0 Å². The molecule has 1 N–H and O–H groups in total. The molecule has 4 rings (SSSR count). The lowest BCUT2D eigenvalue weighted by Crippen LogP contribution is -2.48. The largest absolute Gasteiger partial charge is 0.451 e. The van der Waals surface area contributed by atoms with E-state index in [1.165, 1.54) is 6.92 Å². The average Bonchev–Trinajstić information content (AvgIpc) is 3.21. The molecule has 1 aliphatic heterocycles. The number of nitrogens with zero attached hydrogens (tertiary/aromatic N) is 4. The van der Waals surface area contributed by atoms with E-state index in [0.29, 0.717) is 16.7 Å². The van der Waals surface area contributed by atoms with Crippen LogP contribution in [-0.2, 0) is 33.7 Å². The van der Waals surface area contributed by atoms with E-state index in [2.05, 4.69) is 20.3 Å². The molecular weight excluding hydrogens is 590 g/mol. The number of pyridine rings is 1. The molecule has 0 radical (unpaired) electrons. The number of sulfonamides is 1. The average molecular weight is 609 g/mol. The van der Waals surface area contributed by atoms with Crippen LogP contribution >= 0.6 is 0 Å². The maximum Gasteiger partial charge on any atom is 0.451 e. The van der Waals surface area contributed by atoms with Gasteiger partial charge < -0.3 is 5.32 Å². The minimum Gasteiger partial charge on any atom is -0.351 e. The van der Waals surface area contributed by atoms with Crippen molar-refractivity contribution in [1.29, 1.82) is 0 Å². The normalized spacial score (nSPS) is 20.3. The summed E-state index contributed by atoms with van der Waals surface area (Å²) >= 11 is 0. The van der Waals surface area contributed by atoms with Crippen LogP contribution in [0.5, 0.6) is 0 Å². The number of carbonyl (C=O) groups is 1. The van der Waals surface area contributed by atoms with Crippen molar-refractivity contribution >= 4 is 15.9 Å². The summed E-state index contributed by atoms with van der Waals surface area (Å²) in [5.74, 6) is -3.26. The lowest BCUT2D eigenvalue weighted by molar-refractivity contribution is -0.145. The molecule has 3 atom stereocenters. The third kappa shape index (κ3) is 6.29. The zero-order valence-corrected chi connectivity index (χ0v) is 21.5. The van der Waals surface area contributed by atoms with E-state index in [1.807, 2.05) is 0 Å². The van der Waals surface area contributed by atoms with Gasteiger partial charge in [0.15, 0.2) is 5.69 Å². The van der Waals surface area contributed by atoms with Gasteiger partial charge in [0.1, 0.15) is 18.0 Å². The molecule has 220 valence electrons. The zero-order valence-electron chi connectivity index (χ0n) is 20.7. The van der Waals surface area contributed by atoms with E-state index in [0.717, 1.165) is 36.5 Å². The van der Waals surface area contributed by atoms with Crippen LogP contribution in [0.25, 0.3) is 11.1 Å². The molecule has 0 bridgehead atoms. The third-order valence-electron chi connectivity index (χ3n) is 6.27. The number of nitrogens with one attached hydrogen (secondary N) is 1. The van der Waals surface area contributed by atoms with Gasteiger partial charge in [-0.3, -0.25) is 9.78 Å². The van der Waals surface area contributed by atoms with Crippen LogP contribution in [-0.4, -0.2) is 51.8 Å². The number of hydrogen-bond donors (Lipinski definition) is 1. The fourth-order valence-electron chi connectivity index (χ4n) is 4.27. The van der Waals surface area contributed by atoms with E-state index in [-0.39, 0.29) is 10.5 Å². The van der Waals surface area contributed by atoms with Gasteiger partial charge in [0.05, 0.1) is 10.9 Å². The smallest absolute Gasteiger partial charge is 0.351 e. The zero-order chi connectivity index (χ0) is 30.3. The Morgan fingerprint density at radius 2 is 1.61 bits per heavy atom. The highest BCUT2D eigenvalue weighted by Gasteiger charge is 2.49. The van der Waals surface area contributed by atoms with E-state index in [9.17, 15) is 48.3 Å². The predicted octanol–water partition coefficient (Wildman–Crippen LogP) is 4.52. The summed E-state index contributed by atoms with van der Waals surface area (Å²) in [5.41, 5.74) is -2.60. The molecule has 2 aromatic heterocycles. The number of alkyl halides is 7. The Balaban J connectivity index is 1.59. The highest BCUT2D eigenvalue weighted by atomic mass is 32.2. The molecule has 1 amide bonds. The molecule has 3 aromatic rings. The third-order valence-corrected chi connectivity index (χ3v) is 8.28. The number of aromatic nitrogens is 3. The van der Waals surface area contributed by atoms with Crippen LogP contribution in [0.2, 0.25) is 0 Å². The first kappa shape index (κ1) is 30.2.